The average Bonchev–Trinajstić information content (AvgIpc) is 2.36. The van der Waals surface area contributed by atoms with E-state index in [2.05, 4.69) is 91.1 Å². The lowest BCUT2D eigenvalue weighted by atomic mass is 10.1. The van der Waals surface area contributed by atoms with Gasteiger partial charge in [0.1, 0.15) is 0 Å². The molecule has 0 spiro atoms. The SMILES string of the molecule is Cc1cccc(NC(C)c2ccc(I)cc2)c1C. The van der Waals surface area contributed by atoms with Crippen LogP contribution in [0, 0.1) is 17.4 Å². The van der Waals surface area contributed by atoms with Crippen LogP contribution in [0.4, 0.5) is 5.69 Å². The van der Waals surface area contributed by atoms with E-state index >= 15 is 0 Å². The lowest BCUT2D eigenvalue weighted by Gasteiger charge is -2.18. The Morgan fingerprint density at radius 1 is 1.00 bits per heavy atom. The number of benzene rings is 2. The molecule has 2 aromatic rings. The van der Waals surface area contributed by atoms with Crippen LogP contribution in [0.2, 0.25) is 0 Å². The first-order valence-corrected chi connectivity index (χ1v) is 7.24. The van der Waals surface area contributed by atoms with Crippen molar-refractivity contribution >= 4 is 28.3 Å². The van der Waals surface area contributed by atoms with Crippen molar-refractivity contribution < 1.29 is 0 Å². The van der Waals surface area contributed by atoms with Gasteiger partial charge in [-0.25, -0.2) is 0 Å². The van der Waals surface area contributed by atoms with Gasteiger partial charge in [-0.05, 0) is 78.3 Å². The molecule has 0 saturated heterocycles. The molecular formula is C16H18IN. The Morgan fingerprint density at radius 2 is 1.67 bits per heavy atom. The summed E-state index contributed by atoms with van der Waals surface area (Å²) in [4.78, 5) is 0. The molecule has 0 bridgehead atoms. The quantitative estimate of drug-likeness (QED) is 0.761. The third kappa shape index (κ3) is 3.05. The zero-order valence-electron chi connectivity index (χ0n) is 11.0. The molecular weight excluding hydrogens is 333 g/mol. The van der Waals surface area contributed by atoms with Crippen molar-refractivity contribution in [2.24, 2.45) is 0 Å². The Bertz CT molecular complexity index is 531. The van der Waals surface area contributed by atoms with E-state index in [1.165, 1.54) is 25.9 Å². The fraction of sp³-hybridized carbons (Fsp3) is 0.250. The van der Waals surface area contributed by atoms with Crippen LogP contribution in [0.5, 0.6) is 0 Å². The van der Waals surface area contributed by atoms with Crippen molar-refractivity contribution in [3.8, 4) is 0 Å². The molecule has 0 aliphatic rings. The van der Waals surface area contributed by atoms with Crippen LogP contribution in [0.1, 0.15) is 29.7 Å². The van der Waals surface area contributed by atoms with Crippen molar-refractivity contribution in [2.45, 2.75) is 26.8 Å². The minimum Gasteiger partial charge on any atom is -0.378 e. The van der Waals surface area contributed by atoms with Gasteiger partial charge in [-0.2, -0.15) is 0 Å². The Balaban J connectivity index is 2.18. The predicted molar refractivity (Wildman–Crippen MR) is 87.1 cm³/mol. The molecule has 0 radical (unpaired) electrons. The smallest absolute Gasteiger partial charge is 0.0485 e. The number of anilines is 1. The highest BCUT2D eigenvalue weighted by Crippen LogP contribution is 2.24. The van der Waals surface area contributed by atoms with Crippen molar-refractivity contribution in [1.29, 1.82) is 0 Å². The third-order valence-corrected chi connectivity index (χ3v) is 4.07. The zero-order chi connectivity index (χ0) is 13.1. The maximum Gasteiger partial charge on any atom is 0.0485 e. The Labute approximate surface area is 123 Å². The summed E-state index contributed by atoms with van der Waals surface area (Å²) in [6.45, 7) is 6.51. The maximum atomic E-state index is 3.58. The second-order valence-electron chi connectivity index (χ2n) is 4.67. The van der Waals surface area contributed by atoms with Crippen LogP contribution in [-0.4, -0.2) is 0 Å². The summed E-state index contributed by atoms with van der Waals surface area (Å²) in [5.41, 5.74) is 5.20. The molecule has 1 unspecified atom stereocenters. The van der Waals surface area contributed by atoms with E-state index in [1.807, 2.05) is 0 Å². The van der Waals surface area contributed by atoms with Gasteiger partial charge in [0.2, 0.25) is 0 Å². The summed E-state index contributed by atoms with van der Waals surface area (Å²) in [7, 11) is 0. The number of nitrogens with one attached hydrogen (secondary N) is 1. The van der Waals surface area contributed by atoms with Crippen molar-refractivity contribution in [2.75, 3.05) is 5.32 Å². The standard InChI is InChI=1S/C16H18IN/c1-11-5-4-6-16(12(11)2)18-13(3)14-7-9-15(17)10-8-14/h4-10,13,18H,1-3H3. The van der Waals surface area contributed by atoms with Gasteiger partial charge >= 0.3 is 0 Å². The van der Waals surface area contributed by atoms with Crippen molar-refractivity contribution in [1.82, 2.24) is 0 Å². The minimum absolute atomic E-state index is 0.322. The van der Waals surface area contributed by atoms with E-state index in [9.17, 15) is 0 Å². The van der Waals surface area contributed by atoms with Crippen molar-refractivity contribution in [3.63, 3.8) is 0 Å². The Hall–Kier alpha value is -1.03. The van der Waals surface area contributed by atoms with Crippen LogP contribution < -0.4 is 5.32 Å². The first kappa shape index (κ1) is 13.4. The number of hydrogen-bond acceptors (Lipinski definition) is 1. The van der Waals surface area contributed by atoms with Crippen LogP contribution in [-0.2, 0) is 0 Å². The van der Waals surface area contributed by atoms with Crippen molar-refractivity contribution in [3.05, 3.63) is 62.7 Å². The molecule has 1 atom stereocenters. The van der Waals surface area contributed by atoms with Crippen LogP contribution in [0.25, 0.3) is 0 Å². The fourth-order valence-electron chi connectivity index (χ4n) is 1.98. The maximum absolute atomic E-state index is 3.58. The highest BCUT2D eigenvalue weighted by Gasteiger charge is 2.07. The zero-order valence-corrected chi connectivity index (χ0v) is 13.2. The topological polar surface area (TPSA) is 12.0 Å². The largest absolute Gasteiger partial charge is 0.378 e. The molecule has 1 N–H and O–H groups in total. The number of halogens is 1. The normalized spacial score (nSPS) is 12.2. The molecule has 0 aliphatic heterocycles. The summed E-state index contributed by atoms with van der Waals surface area (Å²) in [6, 6.07) is 15.4. The highest BCUT2D eigenvalue weighted by atomic mass is 127. The van der Waals surface area contributed by atoms with E-state index in [0.29, 0.717) is 6.04 Å². The number of rotatable bonds is 3. The second-order valence-corrected chi connectivity index (χ2v) is 5.91. The first-order valence-electron chi connectivity index (χ1n) is 6.16. The van der Waals surface area contributed by atoms with Gasteiger partial charge in [-0.15, -0.1) is 0 Å². The summed E-state index contributed by atoms with van der Waals surface area (Å²) < 4.78 is 1.27. The molecule has 0 aromatic heterocycles. The van der Waals surface area contributed by atoms with Gasteiger partial charge in [0.25, 0.3) is 0 Å². The first-order chi connectivity index (χ1) is 8.58. The third-order valence-electron chi connectivity index (χ3n) is 3.35. The molecule has 18 heavy (non-hydrogen) atoms. The minimum atomic E-state index is 0.322. The van der Waals surface area contributed by atoms with E-state index in [4.69, 9.17) is 0 Å². The van der Waals surface area contributed by atoms with E-state index < -0.39 is 0 Å². The number of aryl methyl sites for hydroxylation is 1. The van der Waals surface area contributed by atoms with Crippen LogP contribution >= 0.6 is 22.6 Å². The van der Waals surface area contributed by atoms with Gasteiger partial charge in [-0.3, -0.25) is 0 Å². The predicted octanol–water partition coefficient (Wildman–Crippen LogP) is 5.08. The monoisotopic (exact) mass is 351 g/mol. The molecule has 0 heterocycles. The lowest BCUT2D eigenvalue weighted by Crippen LogP contribution is -2.08. The lowest BCUT2D eigenvalue weighted by molar-refractivity contribution is 0.881. The Morgan fingerprint density at radius 3 is 2.33 bits per heavy atom. The van der Waals surface area contributed by atoms with E-state index in [1.54, 1.807) is 0 Å². The van der Waals surface area contributed by atoms with E-state index in [0.717, 1.165) is 0 Å². The molecule has 0 fully saturated rings. The second kappa shape index (κ2) is 5.74. The summed E-state index contributed by atoms with van der Waals surface area (Å²) >= 11 is 2.33. The van der Waals surface area contributed by atoms with Gasteiger partial charge in [0, 0.05) is 15.3 Å². The molecule has 1 nitrogen and oxygen atoms in total. The Kier molecular flexibility index (Phi) is 4.27. The molecule has 2 aromatic carbocycles. The molecule has 0 saturated carbocycles. The summed E-state index contributed by atoms with van der Waals surface area (Å²) in [5.74, 6) is 0. The van der Waals surface area contributed by atoms with Gasteiger partial charge < -0.3 is 5.32 Å². The highest BCUT2D eigenvalue weighted by molar-refractivity contribution is 14.1. The van der Waals surface area contributed by atoms with E-state index in [-0.39, 0.29) is 0 Å². The average molecular weight is 351 g/mol. The molecule has 94 valence electrons. The van der Waals surface area contributed by atoms with Gasteiger partial charge in [0.05, 0.1) is 0 Å². The summed E-state index contributed by atoms with van der Waals surface area (Å²) in [6.07, 6.45) is 0. The number of hydrogen-bond donors (Lipinski definition) is 1. The molecule has 2 heteroatoms. The van der Waals surface area contributed by atoms with Gasteiger partial charge in [-0.1, -0.05) is 24.3 Å². The molecule has 0 aliphatic carbocycles. The van der Waals surface area contributed by atoms with Crippen LogP contribution in [0.3, 0.4) is 0 Å². The van der Waals surface area contributed by atoms with Gasteiger partial charge in [0.15, 0.2) is 0 Å². The molecule has 0 amide bonds. The summed E-state index contributed by atoms with van der Waals surface area (Å²) in [5, 5.41) is 3.58. The van der Waals surface area contributed by atoms with Crippen LogP contribution in [0.15, 0.2) is 42.5 Å². The molecule has 2 rings (SSSR count). The fourth-order valence-corrected chi connectivity index (χ4v) is 2.34.